The number of aliphatic imine (C=N–C) groups is 1. The first-order valence-electron chi connectivity index (χ1n) is 7.31. The maximum atomic E-state index is 5.92. The number of nitrogens with one attached hydrogen (secondary N) is 1. The van der Waals surface area contributed by atoms with Crippen LogP contribution < -0.4 is 5.32 Å². The third-order valence-electron chi connectivity index (χ3n) is 3.27. The van der Waals surface area contributed by atoms with Gasteiger partial charge in [0.05, 0.1) is 19.3 Å². The van der Waals surface area contributed by atoms with Crippen molar-refractivity contribution in [3.8, 4) is 0 Å². The Morgan fingerprint density at radius 1 is 1.22 bits per heavy atom. The van der Waals surface area contributed by atoms with Gasteiger partial charge in [-0.2, -0.15) is 0 Å². The highest BCUT2D eigenvalue weighted by molar-refractivity contribution is 5.79. The molecule has 4 heteroatoms. The van der Waals surface area contributed by atoms with Crippen molar-refractivity contribution in [1.29, 1.82) is 0 Å². The van der Waals surface area contributed by atoms with Gasteiger partial charge in [0.2, 0.25) is 0 Å². The van der Waals surface area contributed by atoms with Gasteiger partial charge in [0.15, 0.2) is 5.96 Å². The van der Waals surface area contributed by atoms with Gasteiger partial charge in [-0.3, -0.25) is 4.99 Å². The summed E-state index contributed by atoms with van der Waals surface area (Å²) in [5.74, 6) is 0.946. The minimum atomic E-state index is 0.477. The average molecular weight is 255 g/mol. The molecule has 0 aromatic carbocycles. The summed E-state index contributed by atoms with van der Waals surface area (Å²) in [6.45, 7) is 4.48. The Morgan fingerprint density at radius 3 is 2.44 bits per heavy atom. The van der Waals surface area contributed by atoms with Crippen molar-refractivity contribution < 1.29 is 4.74 Å². The summed E-state index contributed by atoms with van der Waals surface area (Å²) in [6.07, 6.45) is 8.36. The van der Waals surface area contributed by atoms with Gasteiger partial charge in [-0.25, -0.2) is 0 Å². The molecule has 1 saturated carbocycles. The molecule has 0 aromatic rings. The second-order valence-corrected chi connectivity index (χ2v) is 5.11. The lowest BCUT2D eigenvalue weighted by atomic mass is 10.1. The number of hydrogen-bond acceptors (Lipinski definition) is 2. The summed E-state index contributed by atoms with van der Waals surface area (Å²) >= 11 is 0. The van der Waals surface area contributed by atoms with Crippen LogP contribution in [0, 0.1) is 0 Å². The minimum Gasteiger partial charge on any atom is -0.376 e. The zero-order valence-corrected chi connectivity index (χ0v) is 12.2. The summed E-state index contributed by atoms with van der Waals surface area (Å²) in [4.78, 5) is 6.54. The predicted octanol–water partition coefficient (Wildman–Crippen LogP) is 2.25. The van der Waals surface area contributed by atoms with E-state index in [-0.39, 0.29) is 0 Å². The Labute approximate surface area is 112 Å². The van der Waals surface area contributed by atoms with Crippen LogP contribution in [0.4, 0.5) is 0 Å². The second-order valence-electron chi connectivity index (χ2n) is 5.11. The summed E-state index contributed by atoms with van der Waals surface area (Å²) in [5, 5.41) is 3.25. The number of nitrogens with zero attached hydrogens (tertiary/aromatic N) is 2. The van der Waals surface area contributed by atoms with E-state index in [1.165, 1.54) is 38.5 Å². The highest BCUT2D eigenvalue weighted by Crippen LogP contribution is 2.19. The zero-order chi connectivity index (χ0) is 13.2. The maximum Gasteiger partial charge on any atom is 0.193 e. The molecule has 0 saturated heterocycles. The van der Waals surface area contributed by atoms with Gasteiger partial charge in [-0.05, 0) is 19.8 Å². The van der Waals surface area contributed by atoms with E-state index >= 15 is 0 Å². The molecule has 0 aliphatic heterocycles. The molecule has 0 atom stereocenters. The van der Waals surface area contributed by atoms with Crippen molar-refractivity contribution in [1.82, 2.24) is 10.2 Å². The first kappa shape index (κ1) is 15.3. The van der Waals surface area contributed by atoms with Crippen molar-refractivity contribution in [3.63, 3.8) is 0 Å². The lowest BCUT2D eigenvalue weighted by Crippen LogP contribution is -2.36. The van der Waals surface area contributed by atoms with Gasteiger partial charge >= 0.3 is 0 Å². The molecule has 1 rings (SSSR count). The molecule has 18 heavy (non-hydrogen) atoms. The summed E-state index contributed by atoms with van der Waals surface area (Å²) in [7, 11) is 4.02. The number of rotatable bonds is 5. The van der Waals surface area contributed by atoms with Crippen LogP contribution in [0.1, 0.15) is 45.4 Å². The average Bonchev–Trinajstić information content (AvgIpc) is 2.61. The molecule has 0 bridgehead atoms. The quantitative estimate of drug-likeness (QED) is 0.354. The minimum absolute atomic E-state index is 0.477. The van der Waals surface area contributed by atoms with Crippen molar-refractivity contribution >= 4 is 5.96 Å². The Morgan fingerprint density at radius 2 is 1.89 bits per heavy atom. The molecule has 4 nitrogen and oxygen atoms in total. The lowest BCUT2D eigenvalue weighted by molar-refractivity contribution is 0.0486. The first-order chi connectivity index (χ1) is 8.74. The molecule has 0 amide bonds. The molecule has 0 aromatic heterocycles. The van der Waals surface area contributed by atoms with Gasteiger partial charge in [0.1, 0.15) is 0 Å². The van der Waals surface area contributed by atoms with Crippen LogP contribution >= 0.6 is 0 Å². The largest absolute Gasteiger partial charge is 0.376 e. The van der Waals surface area contributed by atoms with E-state index in [0.717, 1.165) is 25.7 Å². The fourth-order valence-corrected chi connectivity index (χ4v) is 2.29. The van der Waals surface area contributed by atoms with E-state index in [1.54, 1.807) is 0 Å². The number of hydrogen-bond donors (Lipinski definition) is 1. The smallest absolute Gasteiger partial charge is 0.193 e. The first-order valence-corrected chi connectivity index (χ1v) is 7.31. The molecule has 0 spiro atoms. The van der Waals surface area contributed by atoms with Crippen LogP contribution in [-0.2, 0) is 4.74 Å². The van der Waals surface area contributed by atoms with Crippen molar-refractivity contribution in [2.75, 3.05) is 33.8 Å². The van der Waals surface area contributed by atoms with Crippen LogP contribution in [0.3, 0.4) is 0 Å². The van der Waals surface area contributed by atoms with E-state index in [4.69, 9.17) is 4.74 Å². The Hall–Kier alpha value is -0.770. The third-order valence-corrected chi connectivity index (χ3v) is 3.27. The molecule has 1 aliphatic rings. The van der Waals surface area contributed by atoms with Crippen LogP contribution in [0.5, 0.6) is 0 Å². The fraction of sp³-hybridized carbons (Fsp3) is 0.929. The predicted molar refractivity (Wildman–Crippen MR) is 77.1 cm³/mol. The summed E-state index contributed by atoms with van der Waals surface area (Å²) < 4.78 is 5.92. The van der Waals surface area contributed by atoms with Crippen LogP contribution in [-0.4, -0.2) is 50.8 Å². The normalized spacial score (nSPS) is 18.5. The standard InChI is InChI=1S/C14H29N3O/c1-4-15-14(17(2)3)16-11-12-18-13-9-7-5-6-8-10-13/h13H,4-12H2,1-3H3,(H,15,16). The van der Waals surface area contributed by atoms with Crippen LogP contribution in [0.25, 0.3) is 0 Å². The highest BCUT2D eigenvalue weighted by atomic mass is 16.5. The highest BCUT2D eigenvalue weighted by Gasteiger charge is 2.11. The lowest BCUT2D eigenvalue weighted by Gasteiger charge is -2.17. The summed E-state index contributed by atoms with van der Waals surface area (Å²) in [5.41, 5.74) is 0. The molecular weight excluding hydrogens is 226 g/mol. The van der Waals surface area contributed by atoms with Gasteiger partial charge in [0.25, 0.3) is 0 Å². The van der Waals surface area contributed by atoms with Gasteiger partial charge < -0.3 is 15.0 Å². The van der Waals surface area contributed by atoms with E-state index in [9.17, 15) is 0 Å². The van der Waals surface area contributed by atoms with Gasteiger partial charge in [-0.1, -0.05) is 25.7 Å². The molecule has 1 N–H and O–H groups in total. The maximum absolute atomic E-state index is 5.92. The van der Waals surface area contributed by atoms with E-state index < -0.39 is 0 Å². The molecule has 1 fully saturated rings. The van der Waals surface area contributed by atoms with Crippen molar-refractivity contribution in [2.45, 2.75) is 51.6 Å². The zero-order valence-electron chi connectivity index (χ0n) is 12.2. The van der Waals surface area contributed by atoms with Crippen molar-refractivity contribution in [2.24, 2.45) is 4.99 Å². The van der Waals surface area contributed by atoms with E-state index in [1.807, 2.05) is 19.0 Å². The van der Waals surface area contributed by atoms with E-state index in [0.29, 0.717) is 6.10 Å². The molecule has 0 unspecified atom stereocenters. The Kier molecular flexibility index (Phi) is 7.81. The van der Waals surface area contributed by atoms with Crippen molar-refractivity contribution in [3.05, 3.63) is 0 Å². The van der Waals surface area contributed by atoms with Gasteiger partial charge in [-0.15, -0.1) is 0 Å². The van der Waals surface area contributed by atoms with E-state index in [2.05, 4.69) is 17.2 Å². The number of guanidine groups is 1. The monoisotopic (exact) mass is 255 g/mol. The summed E-state index contributed by atoms with van der Waals surface area (Å²) in [6, 6.07) is 0. The van der Waals surface area contributed by atoms with Crippen LogP contribution in [0.15, 0.2) is 4.99 Å². The fourth-order valence-electron chi connectivity index (χ4n) is 2.29. The molecule has 1 aliphatic carbocycles. The molecule has 0 heterocycles. The molecular formula is C14H29N3O. The topological polar surface area (TPSA) is 36.9 Å². The second kappa shape index (κ2) is 9.20. The third kappa shape index (κ3) is 6.24. The number of ether oxygens (including phenoxy) is 1. The van der Waals surface area contributed by atoms with Gasteiger partial charge in [0, 0.05) is 20.6 Å². The van der Waals surface area contributed by atoms with Crippen LogP contribution in [0.2, 0.25) is 0 Å². The Bertz CT molecular complexity index is 233. The molecule has 106 valence electrons. The Balaban J connectivity index is 2.20. The SMILES string of the molecule is CCNC(=NCCOC1CCCCCC1)N(C)C. The molecule has 0 radical (unpaired) electrons.